The van der Waals surface area contributed by atoms with Gasteiger partial charge in [0.05, 0.1) is 30.0 Å². The number of hydrogen-bond donors (Lipinski definition) is 0. The molecule has 130 valence electrons. The number of amides is 1. The highest BCUT2D eigenvalue weighted by Gasteiger charge is 2.32. The van der Waals surface area contributed by atoms with E-state index >= 15 is 0 Å². The predicted molar refractivity (Wildman–Crippen MR) is 91.2 cm³/mol. The van der Waals surface area contributed by atoms with Crippen LogP contribution in [0, 0.1) is 5.82 Å². The molecule has 0 saturated carbocycles. The van der Waals surface area contributed by atoms with E-state index in [1.54, 1.807) is 23.2 Å². The number of ether oxygens (including phenoxy) is 1. The van der Waals surface area contributed by atoms with Gasteiger partial charge >= 0.3 is 0 Å². The summed E-state index contributed by atoms with van der Waals surface area (Å²) in [5.74, 6) is 0.136. The lowest BCUT2D eigenvalue weighted by Gasteiger charge is -2.35. The van der Waals surface area contributed by atoms with E-state index in [-0.39, 0.29) is 23.9 Å². The van der Waals surface area contributed by atoms with Crippen LogP contribution < -0.4 is 9.80 Å². The van der Waals surface area contributed by atoms with Crippen LogP contribution in [-0.2, 0) is 11.3 Å². The molecule has 1 saturated heterocycles. The number of halogens is 1. The van der Waals surface area contributed by atoms with Crippen molar-refractivity contribution in [3.8, 4) is 0 Å². The van der Waals surface area contributed by atoms with Gasteiger partial charge in [0.2, 0.25) is 5.95 Å². The first-order valence-corrected chi connectivity index (χ1v) is 8.35. The Morgan fingerprint density at radius 3 is 2.52 bits per heavy atom. The van der Waals surface area contributed by atoms with E-state index in [1.165, 1.54) is 12.1 Å². The van der Waals surface area contributed by atoms with Gasteiger partial charge in [-0.3, -0.25) is 4.79 Å². The minimum atomic E-state index is -0.328. The number of fused-ring (bicyclic) bond motifs is 1. The largest absolute Gasteiger partial charge is 0.372 e. The maximum absolute atomic E-state index is 13.1. The van der Waals surface area contributed by atoms with Crippen molar-refractivity contribution in [2.24, 2.45) is 0 Å². The quantitative estimate of drug-likeness (QED) is 0.839. The second-order valence-electron chi connectivity index (χ2n) is 6.56. The van der Waals surface area contributed by atoms with Crippen LogP contribution in [0.3, 0.4) is 0 Å². The number of hydrogen-bond acceptors (Lipinski definition) is 5. The lowest BCUT2D eigenvalue weighted by Crippen LogP contribution is -2.46. The monoisotopic (exact) mass is 342 g/mol. The summed E-state index contributed by atoms with van der Waals surface area (Å²) in [6.45, 7) is 5.86. The smallest absolute Gasteiger partial charge is 0.262 e. The molecule has 1 fully saturated rings. The number of benzene rings is 1. The summed E-state index contributed by atoms with van der Waals surface area (Å²) in [4.78, 5) is 25.3. The van der Waals surface area contributed by atoms with Crippen molar-refractivity contribution in [2.75, 3.05) is 22.9 Å². The number of carbonyl (C=O) groups is 1. The van der Waals surface area contributed by atoms with E-state index in [9.17, 15) is 9.18 Å². The van der Waals surface area contributed by atoms with Crippen LogP contribution in [-0.4, -0.2) is 41.2 Å². The SMILES string of the molecule is C[C@@H]1CN(c2ncc3c(n2)CN(c2ccc(F)cc2)C3=O)C[C@H](C)O1. The molecule has 25 heavy (non-hydrogen) atoms. The number of rotatable bonds is 2. The number of morpholine rings is 1. The van der Waals surface area contributed by atoms with Crippen LogP contribution in [0.1, 0.15) is 29.9 Å². The molecule has 6 nitrogen and oxygen atoms in total. The van der Waals surface area contributed by atoms with Gasteiger partial charge in [0.25, 0.3) is 5.91 Å². The summed E-state index contributed by atoms with van der Waals surface area (Å²) in [5, 5.41) is 0. The first-order valence-electron chi connectivity index (χ1n) is 8.35. The van der Waals surface area contributed by atoms with Crippen molar-refractivity contribution in [1.29, 1.82) is 0 Å². The van der Waals surface area contributed by atoms with E-state index < -0.39 is 0 Å². The number of nitrogens with zero attached hydrogens (tertiary/aromatic N) is 4. The molecule has 0 unspecified atom stereocenters. The fourth-order valence-corrected chi connectivity index (χ4v) is 3.40. The van der Waals surface area contributed by atoms with Gasteiger partial charge in [-0.2, -0.15) is 0 Å². The van der Waals surface area contributed by atoms with Crippen molar-refractivity contribution >= 4 is 17.5 Å². The molecule has 0 radical (unpaired) electrons. The maximum Gasteiger partial charge on any atom is 0.262 e. The molecule has 2 aliphatic heterocycles. The molecule has 0 N–H and O–H groups in total. The molecular formula is C18H19FN4O2. The Hall–Kier alpha value is -2.54. The normalized spacial score (nSPS) is 23.1. The van der Waals surface area contributed by atoms with Gasteiger partial charge in [-0.15, -0.1) is 0 Å². The molecule has 2 atom stereocenters. The second kappa shape index (κ2) is 6.07. The summed E-state index contributed by atoms with van der Waals surface area (Å²) in [5.41, 5.74) is 1.85. The fourth-order valence-electron chi connectivity index (χ4n) is 3.40. The minimum Gasteiger partial charge on any atom is -0.372 e. The highest BCUT2D eigenvalue weighted by molar-refractivity contribution is 6.09. The Morgan fingerprint density at radius 1 is 1.16 bits per heavy atom. The average Bonchev–Trinajstić information content (AvgIpc) is 2.91. The molecular weight excluding hydrogens is 323 g/mol. The third-order valence-corrected chi connectivity index (χ3v) is 4.48. The minimum absolute atomic E-state index is 0.109. The first-order chi connectivity index (χ1) is 12.0. The van der Waals surface area contributed by atoms with Gasteiger partial charge in [-0.1, -0.05) is 0 Å². The summed E-state index contributed by atoms with van der Waals surface area (Å²) in [6, 6.07) is 5.88. The molecule has 4 rings (SSSR count). The Bertz CT molecular complexity index is 801. The molecule has 1 aromatic carbocycles. The van der Waals surface area contributed by atoms with Crippen molar-refractivity contribution < 1.29 is 13.9 Å². The molecule has 2 aromatic rings. The van der Waals surface area contributed by atoms with Crippen LogP contribution >= 0.6 is 0 Å². The van der Waals surface area contributed by atoms with Crippen molar-refractivity contribution in [3.63, 3.8) is 0 Å². The van der Waals surface area contributed by atoms with Gasteiger partial charge < -0.3 is 14.5 Å². The second-order valence-corrected chi connectivity index (χ2v) is 6.56. The average molecular weight is 342 g/mol. The van der Waals surface area contributed by atoms with E-state index in [0.29, 0.717) is 29.4 Å². The number of aromatic nitrogens is 2. The van der Waals surface area contributed by atoms with E-state index in [4.69, 9.17) is 4.74 Å². The Kier molecular flexibility index (Phi) is 3.88. The van der Waals surface area contributed by atoms with Crippen LogP contribution in [0.25, 0.3) is 0 Å². The highest BCUT2D eigenvalue weighted by atomic mass is 19.1. The molecule has 0 spiro atoms. The Balaban J connectivity index is 1.60. The molecule has 0 aliphatic carbocycles. The summed E-state index contributed by atoms with van der Waals surface area (Å²) >= 11 is 0. The maximum atomic E-state index is 13.1. The Labute approximate surface area is 145 Å². The zero-order valence-corrected chi connectivity index (χ0v) is 14.1. The van der Waals surface area contributed by atoms with Crippen molar-refractivity contribution in [2.45, 2.75) is 32.6 Å². The molecule has 1 aromatic heterocycles. The number of anilines is 2. The molecule has 1 amide bonds. The van der Waals surface area contributed by atoms with Crippen LogP contribution in [0.15, 0.2) is 30.5 Å². The van der Waals surface area contributed by atoms with Crippen LogP contribution in [0.5, 0.6) is 0 Å². The standard InChI is InChI=1S/C18H19FN4O2/c1-11-8-22(9-12(2)25-11)18-20-7-15-16(21-18)10-23(17(15)24)14-5-3-13(19)4-6-14/h3-7,11-12H,8-10H2,1-2H3/t11-,12+. The first kappa shape index (κ1) is 16.0. The third kappa shape index (κ3) is 2.95. The predicted octanol–water partition coefficient (Wildman–Crippen LogP) is 2.39. The molecule has 0 bridgehead atoms. The Morgan fingerprint density at radius 2 is 1.84 bits per heavy atom. The number of carbonyl (C=O) groups excluding carboxylic acids is 1. The summed E-state index contributed by atoms with van der Waals surface area (Å²) < 4.78 is 18.9. The van der Waals surface area contributed by atoms with Gasteiger partial charge in [0.15, 0.2) is 0 Å². The lowest BCUT2D eigenvalue weighted by molar-refractivity contribution is -0.00573. The van der Waals surface area contributed by atoms with Gasteiger partial charge in [0, 0.05) is 25.0 Å². The van der Waals surface area contributed by atoms with E-state index in [1.807, 2.05) is 13.8 Å². The van der Waals surface area contributed by atoms with Gasteiger partial charge in [-0.25, -0.2) is 14.4 Å². The topological polar surface area (TPSA) is 58.6 Å². The third-order valence-electron chi connectivity index (χ3n) is 4.48. The van der Waals surface area contributed by atoms with Crippen LogP contribution in [0.4, 0.5) is 16.0 Å². The van der Waals surface area contributed by atoms with Crippen LogP contribution in [0.2, 0.25) is 0 Å². The highest BCUT2D eigenvalue weighted by Crippen LogP contribution is 2.28. The van der Waals surface area contributed by atoms with E-state index in [2.05, 4.69) is 14.9 Å². The molecule has 3 heterocycles. The van der Waals surface area contributed by atoms with Gasteiger partial charge in [-0.05, 0) is 38.1 Å². The van der Waals surface area contributed by atoms with E-state index in [0.717, 1.165) is 13.1 Å². The fraction of sp³-hybridized carbons (Fsp3) is 0.389. The molecule has 2 aliphatic rings. The van der Waals surface area contributed by atoms with Crippen molar-refractivity contribution in [3.05, 3.63) is 47.5 Å². The zero-order valence-electron chi connectivity index (χ0n) is 14.1. The summed E-state index contributed by atoms with van der Waals surface area (Å²) in [6.07, 6.45) is 1.81. The van der Waals surface area contributed by atoms with Gasteiger partial charge in [0.1, 0.15) is 5.82 Å². The van der Waals surface area contributed by atoms with Crippen molar-refractivity contribution in [1.82, 2.24) is 9.97 Å². The summed E-state index contributed by atoms with van der Waals surface area (Å²) in [7, 11) is 0. The lowest BCUT2D eigenvalue weighted by atomic mass is 10.2. The zero-order chi connectivity index (χ0) is 17.6. The molecule has 7 heteroatoms.